The summed E-state index contributed by atoms with van der Waals surface area (Å²) in [5, 5.41) is 4.81. The number of furan rings is 1. The number of carbonyl (C=O) groups excluding carboxylic acids is 3. The first kappa shape index (κ1) is 10.5. The minimum atomic E-state index is -1.06. The minimum Gasteiger partial charge on any atom is -0.464 e. The van der Waals surface area contributed by atoms with Gasteiger partial charge in [-0.25, -0.2) is 4.79 Å². The predicted octanol–water partition coefficient (Wildman–Crippen LogP) is 0.882. The topological polar surface area (TPSA) is 88.4 Å². The van der Waals surface area contributed by atoms with Gasteiger partial charge in [0.05, 0.1) is 6.26 Å². The van der Waals surface area contributed by atoms with Crippen molar-refractivity contribution < 1.29 is 18.8 Å². The fourth-order valence-corrected chi connectivity index (χ4v) is 2.02. The SMILES string of the molecule is O=C1NC(=O)C(c2coc3ccccc23)C(=O)N1. The molecule has 1 aromatic carbocycles. The fourth-order valence-electron chi connectivity index (χ4n) is 2.02. The van der Waals surface area contributed by atoms with Crippen LogP contribution in [-0.4, -0.2) is 17.8 Å². The Morgan fingerprint density at radius 2 is 1.67 bits per heavy atom. The summed E-state index contributed by atoms with van der Waals surface area (Å²) in [6.07, 6.45) is 1.37. The molecular formula is C12H8N2O4. The van der Waals surface area contributed by atoms with Gasteiger partial charge in [0.2, 0.25) is 11.8 Å². The van der Waals surface area contributed by atoms with Gasteiger partial charge >= 0.3 is 6.03 Å². The molecule has 2 N–H and O–H groups in total. The number of benzene rings is 1. The number of barbiturate groups is 1. The number of rotatable bonds is 1. The van der Waals surface area contributed by atoms with Crippen molar-refractivity contribution in [1.82, 2.24) is 10.6 Å². The highest BCUT2D eigenvalue weighted by Gasteiger charge is 2.37. The fraction of sp³-hybridized carbons (Fsp3) is 0.0833. The molecule has 6 nitrogen and oxygen atoms in total. The van der Waals surface area contributed by atoms with Crippen molar-refractivity contribution in [2.75, 3.05) is 0 Å². The monoisotopic (exact) mass is 244 g/mol. The third-order valence-electron chi connectivity index (χ3n) is 2.82. The van der Waals surface area contributed by atoms with E-state index in [-0.39, 0.29) is 0 Å². The first-order chi connectivity index (χ1) is 8.66. The van der Waals surface area contributed by atoms with Crippen LogP contribution in [0.1, 0.15) is 11.5 Å². The molecule has 1 saturated heterocycles. The van der Waals surface area contributed by atoms with Crippen LogP contribution in [0.25, 0.3) is 11.0 Å². The lowest BCUT2D eigenvalue weighted by molar-refractivity contribution is -0.132. The average molecular weight is 244 g/mol. The Kier molecular flexibility index (Phi) is 2.16. The molecule has 4 amide bonds. The quantitative estimate of drug-likeness (QED) is 0.729. The van der Waals surface area contributed by atoms with Crippen molar-refractivity contribution in [3.63, 3.8) is 0 Å². The summed E-state index contributed by atoms with van der Waals surface area (Å²) in [6, 6.07) is 6.27. The van der Waals surface area contributed by atoms with E-state index in [9.17, 15) is 14.4 Å². The smallest absolute Gasteiger partial charge is 0.328 e. The Balaban J connectivity index is 2.11. The van der Waals surface area contributed by atoms with Gasteiger partial charge in [0.15, 0.2) is 0 Å². The average Bonchev–Trinajstić information content (AvgIpc) is 2.72. The van der Waals surface area contributed by atoms with Crippen molar-refractivity contribution in [3.05, 3.63) is 36.1 Å². The summed E-state index contributed by atoms with van der Waals surface area (Å²) in [7, 11) is 0. The normalized spacial score (nSPS) is 16.8. The molecular weight excluding hydrogens is 236 g/mol. The van der Waals surface area contributed by atoms with Crippen LogP contribution in [-0.2, 0) is 9.59 Å². The molecule has 0 spiro atoms. The van der Waals surface area contributed by atoms with Gasteiger partial charge in [0, 0.05) is 10.9 Å². The summed E-state index contributed by atoms with van der Waals surface area (Å²) < 4.78 is 5.28. The number of imide groups is 2. The second-order valence-electron chi connectivity index (χ2n) is 3.93. The number of hydrogen-bond acceptors (Lipinski definition) is 4. The van der Waals surface area contributed by atoms with Gasteiger partial charge in [-0.2, -0.15) is 0 Å². The lowest BCUT2D eigenvalue weighted by atomic mass is 9.95. The van der Waals surface area contributed by atoms with Gasteiger partial charge in [-0.15, -0.1) is 0 Å². The van der Waals surface area contributed by atoms with Crippen molar-refractivity contribution >= 4 is 28.8 Å². The maximum absolute atomic E-state index is 11.7. The molecule has 0 atom stereocenters. The highest BCUT2D eigenvalue weighted by atomic mass is 16.3. The van der Waals surface area contributed by atoms with E-state index in [4.69, 9.17) is 4.42 Å². The Bertz CT molecular complexity index is 654. The van der Waals surface area contributed by atoms with Gasteiger partial charge in [0.1, 0.15) is 11.5 Å². The first-order valence-corrected chi connectivity index (χ1v) is 5.28. The van der Waals surface area contributed by atoms with Gasteiger partial charge in [-0.3, -0.25) is 20.2 Å². The number of nitrogens with one attached hydrogen (secondary N) is 2. The number of hydrogen-bond donors (Lipinski definition) is 2. The number of amides is 4. The standard InChI is InChI=1S/C12H8N2O4/c15-10-9(11(16)14-12(17)13-10)7-5-18-8-4-2-1-3-6(7)8/h1-5,9H,(H2,13,14,15,16,17). The summed E-state index contributed by atoms with van der Waals surface area (Å²) in [5.41, 5.74) is 1.04. The van der Waals surface area contributed by atoms with Crippen LogP contribution in [0.15, 0.2) is 34.9 Å². The zero-order valence-electron chi connectivity index (χ0n) is 9.10. The zero-order valence-corrected chi connectivity index (χ0v) is 9.10. The third kappa shape index (κ3) is 1.46. The largest absolute Gasteiger partial charge is 0.464 e. The van der Waals surface area contributed by atoms with E-state index in [0.717, 1.165) is 0 Å². The van der Waals surface area contributed by atoms with E-state index >= 15 is 0 Å². The molecule has 1 fully saturated rings. The number of urea groups is 1. The van der Waals surface area contributed by atoms with Gasteiger partial charge in [-0.1, -0.05) is 18.2 Å². The molecule has 6 heteroatoms. The molecule has 0 bridgehead atoms. The molecule has 0 saturated carbocycles. The van der Waals surface area contributed by atoms with Gasteiger partial charge in [-0.05, 0) is 6.07 Å². The van der Waals surface area contributed by atoms with Crippen molar-refractivity contribution in [2.45, 2.75) is 5.92 Å². The van der Waals surface area contributed by atoms with E-state index in [1.165, 1.54) is 6.26 Å². The Labute approximate surface area is 101 Å². The molecule has 0 radical (unpaired) electrons. The van der Waals surface area contributed by atoms with Crippen molar-refractivity contribution in [1.29, 1.82) is 0 Å². The molecule has 3 rings (SSSR count). The predicted molar refractivity (Wildman–Crippen MR) is 60.6 cm³/mol. The molecule has 2 heterocycles. The van der Waals surface area contributed by atoms with Crippen LogP contribution < -0.4 is 10.6 Å². The Morgan fingerprint density at radius 1 is 1.00 bits per heavy atom. The second-order valence-corrected chi connectivity index (χ2v) is 3.93. The van der Waals surface area contributed by atoms with E-state index in [1.54, 1.807) is 24.3 Å². The summed E-state index contributed by atoms with van der Waals surface area (Å²) in [6.45, 7) is 0. The summed E-state index contributed by atoms with van der Waals surface area (Å²) in [5.74, 6) is -2.35. The lowest BCUT2D eigenvalue weighted by Gasteiger charge is -2.19. The second kappa shape index (κ2) is 3.69. The third-order valence-corrected chi connectivity index (χ3v) is 2.82. The van der Waals surface area contributed by atoms with Crippen LogP contribution in [0.2, 0.25) is 0 Å². The van der Waals surface area contributed by atoms with E-state index in [2.05, 4.69) is 10.6 Å². The van der Waals surface area contributed by atoms with Gasteiger partial charge < -0.3 is 4.42 Å². The Morgan fingerprint density at radius 3 is 2.39 bits per heavy atom. The molecule has 1 aromatic heterocycles. The maximum atomic E-state index is 11.7. The van der Waals surface area contributed by atoms with Crippen molar-refractivity contribution in [3.8, 4) is 0 Å². The van der Waals surface area contributed by atoms with Crippen LogP contribution in [0.3, 0.4) is 0 Å². The van der Waals surface area contributed by atoms with Crippen molar-refractivity contribution in [2.24, 2.45) is 0 Å². The molecule has 0 unspecified atom stereocenters. The van der Waals surface area contributed by atoms with E-state index < -0.39 is 23.8 Å². The Hall–Kier alpha value is -2.63. The lowest BCUT2D eigenvalue weighted by Crippen LogP contribution is -2.54. The molecule has 90 valence electrons. The highest BCUT2D eigenvalue weighted by Crippen LogP contribution is 2.28. The molecule has 2 aromatic rings. The van der Waals surface area contributed by atoms with Crippen LogP contribution in [0, 0.1) is 0 Å². The summed E-state index contributed by atoms with van der Waals surface area (Å²) >= 11 is 0. The van der Waals surface area contributed by atoms with Crippen LogP contribution in [0.5, 0.6) is 0 Å². The first-order valence-electron chi connectivity index (χ1n) is 5.28. The van der Waals surface area contributed by atoms with Crippen LogP contribution >= 0.6 is 0 Å². The molecule has 0 aliphatic carbocycles. The van der Waals surface area contributed by atoms with E-state index in [0.29, 0.717) is 16.5 Å². The zero-order chi connectivity index (χ0) is 12.7. The van der Waals surface area contributed by atoms with Gasteiger partial charge in [0.25, 0.3) is 0 Å². The van der Waals surface area contributed by atoms with Crippen LogP contribution in [0.4, 0.5) is 4.79 Å². The number of para-hydroxylation sites is 1. The molecule has 1 aliphatic rings. The number of carbonyl (C=O) groups is 3. The molecule has 1 aliphatic heterocycles. The molecule has 18 heavy (non-hydrogen) atoms. The van der Waals surface area contributed by atoms with E-state index in [1.807, 2.05) is 0 Å². The minimum absolute atomic E-state index is 0.452. The summed E-state index contributed by atoms with van der Waals surface area (Å²) in [4.78, 5) is 34.4. The maximum Gasteiger partial charge on any atom is 0.328 e. The highest BCUT2D eigenvalue weighted by molar-refractivity contribution is 6.20. The number of fused-ring (bicyclic) bond motifs is 1.